The Labute approximate surface area is 133 Å². The van der Waals surface area contributed by atoms with Crippen LogP contribution >= 0.6 is 11.8 Å². The number of aromatic nitrogens is 2. The largest absolute Gasteiger partial charge is 0.306 e. The summed E-state index contributed by atoms with van der Waals surface area (Å²) < 4.78 is 1.65. The van der Waals surface area contributed by atoms with Crippen molar-refractivity contribution in [2.75, 3.05) is 25.4 Å². The second-order valence-electron chi connectivity index (χ2n) is 5.29. The zero-order valence-corrected chi connectivity index (χ0v) is 13.0. The van der Waals surface area contributed by atoms with Crippen LogP contribution in [0, 0.1) is 10.1 Å². The third-order valence-corrected chi connectivity index (χ3v) is 5.04. The van der Waals surface area contributed by atoms with E-state index in [1.54, 1.807) is 4.68 Å². The van der Waals surface area contributed by atoms with Gasteiger partial charge in [-0.25, -0.2) is 0 Å². The molecular weight excluding hydrogens is 300 g/mol. The maximum absolute atomic E-state index is 10.7. The summed E-state index contributed by atoms with van der Waals surface area (Å²) in [6.07, 6.45) is 2.80. The molecule has 1 aliphatic heterocycles. The van der Waals surface area contributed by atoms with Crippen molar-refractivity contribution in [3.63, 3.8) is 0 Å². The molecule has 0 radical (unpaired) electrons. The van der Waals surface area contributed by atoms with Crippen molar-refractivity contribution >= 4 is 17.4 Å². The average molecular weight is 318 g/mol. The van der Waals surface area contributed by atoms with Gasteiger partial charge in [-0.05, 0) is 5.56 Å². The number of nitro groups is 1. The van der Waals surface area contributed by atoms with Gasteiger partial charge in [-0.15, -0.1) is 0 Å². The van der Waals surface area contributed by atoms with Crippen LogP contribution in [0.5, 0.6) is 0 Å². The van der Waals surface area contributed by atoms with Gasteiger partial charge in [-0.3, -0.25) is 19.7 Å². The van der Waals surface area contributed by atoms with Gasteiger partial charge in [0.05, 0.1) is 11.5 Å². The molecule has 2 heterocycles. The fraction of sp³-hybridized carbons (Fsp3) is 0.400. The number of hydrogen-bond donors (Lipinski definition) is 0. The van der Waals surface area contributed by atoms with Crippen LogP contribution in [0.25, 0.3) is 0 Å². The van der Waals surface area contributed by atoms with Crippen LogP contribution in [0.15, 0.2) is 42.7 Å². The van der Waals surface area contributed by atoms with E-state index in [9.17, 15) is 10.1 Å². The Hall–Kier alpha value is -1.86. The average Bonchev–Trinajstić information content (AvgIpc) is 3.03. The highest BCUT2D eigenvalue weighted by Gasteiger charge is 2.21. The highest BCUT2D eigenvalue weighted by molar-refractivity contribution is 7.99. The van der Waals surface area contributed by atoms with Gasteiger partial charge in [0.2, 0.25) is 0 Å². The van der Waals surface area contributed by atoms with Gasteiger partial charge in [-0.2, -0.15) is 16.9 Å². The quantitative estimate of drug-likeness (QED) is 0.626. The van der Waals surface area contributed by atoms with Gasteiger partial charge >= 0.3 is 5.69 Å². The fourth-order valence-corrected chi connectivity index (χ4v) is 3.90. The monoisotopic (exact) mass is 318 g/mol. The Bertz CT molecular complexity index is 631. The summed E-state index contributed by atoms with van der Waals surface area (Å²) in [5.74, 6) is 1.11. The first-order valence-electron chi connectivity index (χ1n) is 7.28. The third kappa shape index (κ3) is 3.66. The molecule has 1 aromatic heterocycles. The van der Waals surface area contributed by atoms with Crippen molar-refractivity contribution in [2.24, 2.45) is 0 Å². The molecule has 3 rings (SSSR count). The van der Waals surface area contributed by atoms with Crippen molar-refractivity contribution < 1.29 is 4.92 Å². The Kier molecular flexibility index (Phi) is 4.74. The summed E-state index contributed by atoms with van der Waals surface area (Å²) in [4.78, 5) is 12.7. The van der Waals surface area contributed by atoms with E-state index >= 15 is 0 Å². The van der Waals surface area contributed by atoms with Crippen molar-refractivity contribution in [1.82, 2.24) is 14.7 Å². The molecule has 6 nitrogen and oxygen atoms in total. The first-order chi connectivity index (χ1) is 10.7. The van der Waals surface area contributed by atoms with E-state index in [0.717, 1.165) is 25.4 Å². The van der Waals surface area contributed by atoms with Gasteiger partial charge in [0.15, 0.2) is 0 Å². The van der Waals surface area contributed by atoms with Crippen LogP contribution in [0.2, 0.25) is 0 Å². The van der Waals surface area contributed by atoms with E-state index in [1.165, 1.54) is 18.0 Å². The molecule has 1 aromatic carbocycles. The molecule has 1 aliphatic rings. The van der Waals surface area contributed by atoms with Crippen molar-refractivity contribution in [3.05, 3.63) is 58.4 Å². The van der Waals surface area contributed by atoms with E-state index in [4.69, 9.17) is 0 Å². The molecule has 116 valence electrons. The van der Waals surface area contributed by atoms with E-state index in [-0.39, 0.29) is 5.69 Å². The molecule has 0 bridgehead atoms. The first-order valence-corrected chi connectivity index (χ1v) is 8.33. The van der Waals surface area contributed by atoms with E-state index < -0.39 is 4.92 Å². The molecule has 1 atom stereocenters. The molecule has 7 heteroatoms. The molecule has 0 spiro atoms. The van der Waals surface area contributed by atoms with Crippen LogP contribution < -0.4 is 0 Å². The lowest BCUT2D eigenvalue weighted by Crippen LogP contribution is -2.36. The van der Waals surface area contributed by atoms with Crippen molar-refractivity contribution in [1.29, 1.82) is 0 Å². The van der Waals surface area contributed by atoms with Gasteiger partial charge in [-0.1, -0.05) is 30.3 Å². The molecule has 0 aliphatic carbocycles. The summed E-state index contributed by atoms with van der Waals surface area (Å²) in [6.45, 7) is 3.61. The van der Waals surface area contributed by atoms with Crippen LogP contribution in [-0.4, -0.2) is 45.0 Å². The second kappa shape index (κ2) is 6.93. The van der Waals surface area contributed by atoms with Crippen LogP contribution in [0.3, 0.4) is 0 Å². The number of benzene rings is 1. The van der Waals surface area contributed by atoms with Crippen molar-refractivity contribution in [3.8, 4) is 0 Å². The Morgan fingerprint density at radius 3 is 2.86 bits per heavy atom. The van der Waals surface area contributed by atoms with E-state index in [1.807, 2.05) is 17.8 Å². The molecule has 0 saturated carbocycles. The van der Waals surface area contributed by atoms with Crippen LogP contribution in [0.4, 0.5) is 5.69 Å². The van der Waals surface area contributed by atoms with Gasteiger partial charge in [0, 0.05) is 30.6 Å². The number of rotatable bonds is 5. The normalized spacial score (nSPS) is 19.2. The zero-order chi connectivity index (χ0) is 15.4. The first kappa shape index (κ1) is 15.1. The predicted molar refractivity (Wildman–Crippen MR) is 87.0 cm³/mol. The molecule has 0 N–H and O–H groups in total. The number of thioether (sulfide) groups is 1. The highest BCUT2D eigenvalue weighted by Crippen LogP contribution is 2.32. The lowest BCUT2D eigenvalue weighted by Gasteiger charge is -2.32. The van der Waals surface area contributed by atoms with Crippen LogP contribution in [-0.2, 0) is 6.54 Å². The minimum Gasteiger partial charge on any atom is -0.299 e. The smallest absolute Gasteiger partial charge is 0.299 e. The van der Waals surface area contributed by atoms with Gasteiger partial charge in [0.25, 0.3) is 0 Å². The lowest BCUT2D eigenvalue weighted by molar-refractivity contribution is -0.385. The molecular formula is C15H18N4O2S. The second-order valence-corrected chi connectivity index (χ2v) is 6.60. The summed E-state index contributed by atoms with van der Waals surface area (Å²) in [5.41, 5.74) is 1.42. The maximum atomic E-state index is 10.7. The Balaban J connectivity index is 1.55. The minimum absolute atomic E-state index is 0.0522. The predicted octanol–water partition coefficient (Wildman–Crippen LogP) is 2.58. The molecule has 1 saturated heterocycles. The van der Waals surface area contributed by atoms with E-state index in [0.29, 0.717) is 11.8 Å². The Morgan fingerprint density at radius 2 is 2.14 bits per heavy atom. The summed E-state index contributed by atoms with van der Waals surface area (Å²) in [5, 5.41) is 15.2. The maximum Gasteiger partial charge on any atom is 0.306 e. The summed E-state index contributed by atoms with van der Waals surface area (Å²) in [6, 6.07) is 10.6. The molecule has 2 aromatic rings. The summed E-state index contributed by atoms with van der Waals surface area (Å²) in [7, 11) is 0. The van der Waals surface area contributed by atoms with Gasteiger partial charge < -0.3 is 0 Å². The zero-order valence-electron chi connectivity index (χ0n) is 12.2. The highest BCUT2D eigenvalue weighted by atomic mass is 32.2. The Morgan fingerprint density at radius 1 is 1.32 bits per heavy atom. The molecule has 1 unspecified atom stereocenters. The molecule has 22 heavy (non-hydrogen) atoms. The van der Waals surface area contributed by atoms with Gasteiger partial charge in [0.1, 0.15) is 12.4 Å². The topological polar surface area (TPSA) is 64.2 Å². The van der Waals surface area contributed by atoms with E-state index in [2.05, 4.69) is 34.3 Å². The number of hydrogen-bond acceptors (Lipinski definition) is 5. The number of nitrogens with zero attached hydrogens (tertiary/aromatic N) is 4. The minimum atomic E-state index is -0.410. The SMILES string of the molecule is O=[N+]([O-])c1cnn(CCN2CCSC(c3ccccc3)C2)c1. The molecule has 1 fully saturated rings. The summed E-state index contributed by atoms with van der Waals surface area (Å²) >= 11 is 2.00. The third-order valence-electron chi connectivity index (χ3n) is 3.80. The molecule has 0 amide bonds. The lowest BCUT2D eigenvalue weighted by atomic mass is 10.1. The standard InChI is InChI=1S/C15H18N4O2S/c20-19(21)14-10-16-18(11-14)7-6-17-8-9-22-15(12-17)13-4-2-1-3-5-13/h1-5,10-11,15H,6-9,12H2. The van der Waals surface area contributed by atoms with Crippen LogP contribution in [0.1, 0.15) is 10.8 Å². The van der Waals surface area contributed by atoms with Crippen molar-refractivity contribution in [2.45, 2.75) is 11.8 Å². The fourth-order valence-electron chi connectivity index (χ4n) is 2.59.